The fourth-order valence-electron chi connectivity index (χ4n) is 0.984. The van der Waals surface area contributed by atoms with Gasteiger partial charge in [0.1, 0.15) is 0 Å². The molecule has 90 valence electrons. The van der Waals surface area contributed by atoms with E-state index in [1.807, 2.05) is 0 Å². The third kappa shape index (κ3) is 3.25. The molecule has 0 radical (unpaired) electrons. The van der Waals surface area contributed by atoms with E-state index in [1.165, 1.54) is 0 Å². The van der Waals surface area contributed by atoms with E-state index in [0.717, 1.165) is 0 Å². The van der Waals surface area contributed by atoms with Gasteiger partial charge in [0.2, 0.25) is 0 Å². The number of pyridine rings is 1. The molecule has 1 N–H and O–H groups in total. The van der Waals surface area contributed by atoms with Crippen LogP contribution in [0.1, 0.15) is 6.92 Å². The first-order valence-corrected chi connectivity index (χ1v) is 4.55. The number of hydrogen-bond acceptors (Lipinski definition) is 3. The van der Waals surface area contributed by atoms with E-state index in [1.54, 1.807) is 6.92 Å². The van der Waals surface area contributed by atoms with Crippen LogP contribution in [0.5, 0.6) is 5.88 Å². The van der Waals surface area contributed by atoms with Crippen LogP contribution in [-0.4, -0.2) is 24.6 Å². The largest absolute Gasteiger partial charge is 0.469 e. The average Bonchev–Trinajstić information content (AvgIpc) is 2.20. The number of nitrogens with one attached hydrogen (secondary N) is 1. The molecular weight excluding hydrogens is 228 g/mol. The van der Waals surface area contributed by atoms with E-state index in [9.17, 15) is 17.6 Å². The lowest BCUT2D eigenvalue weighted by Gasteiger charge is -2.09. The summed E-state index contributed by atoms with van der Waals surface area (Å²) in [7, 11) is 0. The van der Waals surface area contributed by atoms with Gasteiger partial charge in [-0.05, 0) is 6.92 Å². The van der Waals surface area contributed by atoms with Gasteiger partial charge in [-0.15, -0.1) is 0 Å². The molecule has 1 aromatic heterocycles. The van der Waals surface area contributed by atoms with Crippen LogP contribution in [0.4, 0.5) is 23.4 Å². The first-order chi connectivity index (χ1) is 7.54. The van der Waals surface area contributed by atoms with Gasteiger partial charge in [-0.3, -0.25) is 0 Å². The van der Waals surface area contributed by atoms with Crippen molar-refractivity contribution in [3.8, 4) is 5.88 Å². The number of hydrogen-bond donors (Lipinski definition) is 1. The summed E-state index contributed by atoms with van der Waals surface area (Å²) >= 11 is 0. The summed E-state index contributed by atoms with van der Waals surface area (Å²) in [5.41, 5.74) is 0. The zero-order chi connectivity index (χ0) is 12.1. The number of halogens is 4. The second-order valence-corrected chi connectivity index (χ2v) is 2.84. The summed E-state index contributed by atoms with van der Waals surface area (Å²) in [5.74, 6) is -2.88. The number of aromatic nitrogens is 1. The van der Waals surface area contributed by atoms with Gasteiger partial charge < -0.3 is 10.1 Å². The summed E-state index contributed by atoms with van der Waals surface area (Å²) in [5, 5.41) is 2.51. The summed E-state index contributed by atoms with van der Waals surface area (Å²) < 4.78 is 54.1. The van der Waals surface area contributed by atoms with Crippen LogP contribution >= 0.6 is 0 Å². The Morgan fingerprint density at radius 2 is 2.06 bits per heavy atom. The van der Waals surface area contributed by atoms with E-state index in [2.05, 4.69) is 15.0 Å². The van der Waals surface area contributed by atoms with Crippen molar-refractivity contribution >= 4 is 5.82 Å². The van der Waals surface area contributed by atoms with Gasteiger partial charge >= 0.3 is 0 Å². The molecule has 16 heavy (non-hydrogen) atoms. The fourth-order valence-corrected chi connectivity index (χ4v) is 0.984. The van der Waals surface area contributed by atoms with Crippen LogP contribution < -0.4 is 10.1 Å². The van der Waals surface area contributed by atoms with Crippen LogP contribution in [0.2, 0.25) is 0 Å². The molecule has 0 aliphatic rings. The van der Waals surface area contributed by atoms with Gasteiger partial charge in [-0.2, -0.15) is 4.98 Å². The van der Waals surface area contributed by atoms with E-state index in [0.29, 0.717) is 12.6 Å². The van der Waals surface area contributed by atoms with Crippen LogP contribution in [0, 0.1) is 11.6 Å². The molecule has 0 aromatic carbocycles. The Morgan fingerprint density at radius 3 is 2.62 bits per heavy atom. The van der Waals surface area contributed by atoms with Crippen molar-refractivity contribution in [2.24, 2.45) is 0 Å². The third-order valence-electron chi connectivity index (χ3n) is 1.59. The maximum absolute atomic E-state index is 13.0. The van der Waals surface area contributed by atoms with Crippen molar-refractivity contribution < 1.29 is 22.3 Å². The smallest absolute Gasteiger partial charge is 0.272 e. The normalized spacial score (nSPS) is 10.6. The van der Waals surface area contributed by atoms with Crippen LogP contribution in [0.15, 0.2) is 6.07 Å². The van der Waals surface area contributed by atoms with Crippen molar-refractivity contribution in [3.63, 3.8) is 0 Å². The topological polar surface area (TPSA) is 34.2 Å². The van der Waals surface area contributed by atoms with Crippen molar-refractivity contribution in [1.82, 2.24) is 4.98 Å². The van der Waals surface area contributed by atoms with Gasteiger partial charge in [0, 0.05) is 12.6 Å². The maximum Gasteiger partial charge on any atom is 0.272 e. The molecule has 0 amide bonds. The Balaban J connectivity index is 2.86. The predicted molar refractivity (Wildman–Crippen MR) is 49.8 cm³/mol. The average molecular weight is 238 g/mol. The molecular formula is C9H10F4N2O. The molecule has 0 spiro atoms. The summed E-state index contributed by atoms with van der Waals surface area (Å²) in [6, 6.07) is 0.534. The zero-order valence-corrected chi connectivity index (χ0v) is 8.44. The zero-order valence-electron chi connectivity index (χ0n) is 8.44. The summed E-state index contributed by atoms with van der Waals surface area (Å²) in [4.78, 5) is 3.42. The molecule has 0 fully saturated rings. The third-order valence-corrected chi connectivity index (χ3v) is 1.59. The van der Waals surface area contributed by atoms with Crippen LogP contribution in [0.3, 0.4) is 0 Å². The fraction of sp³-hybridized carbons (Fsp3) is 0.444. The van der Waals surface area contributed by atoms with Crippen LogP contribution in [0.25, 0.3) is 0 Å². The molecule has 0 unspecified atom stereocenters. The Hall–Kier alpha value is -1.53. The van der Waals surface area contributed by atoms with Gasteiger partial charge in [-0.1, -0.05) is 0 Å². The predicted octanol–water partition coefficient (Wildman–Crippen LogP) is 2.44. The summed E-state index contributed by atoms with van der Waals surface area (Å²) in [6.07, 6.45) is -2.74. The second-order valence-electron chi connectivity index (χ2n) is 2.84. The molecule has 1 heterocycles. The first kappa shape index (κ1) is 12.5. The van der Waals surface area contributed by atoms with Crippen molar-refractivity contribution in [2.45, 2.75) is 13.3 Å². The molecule has 0 aliphatic heterocycles. The lowest BCUT2D eigenvalue weighted by Crippen LogP contribution is -2.11. The van der Waals surface area contributed by atoms with Gasteiger partial charge in [0.15, 0.2) is 24.1 Å². The number of alkyl halides is 2. The standard InChI is InChI=1S/C9H10F4N2O/c1-2-14-8-5(10)3-6(11)9(15-8)16-4-7(12)13/h3,7H,2,4H2,1H3,(H,14,15). The Kier molecular flexibility index (Phi) is 4.33. The van der Waals surface area contributed by atoms with Crippen molar-refractivity contribution in [3.05, 3.63) is 17.7 Å². The molecule has 0 bridgehead atoms. The Labute approximate surface area is 89.4 Å². The highest BCUT2D eigenvalue weighted by molar-refractivity contribution is 5.39. The number of ether oxygens (including phenoxy) is 1. The van der Waals surface area contributed by atoms with E-state index >= 15 is 0 Å². The second kappa shape index (κ2) is 5.53. The minimum Gasteiger partial charge on any atom is -0.469 e. The van der Waals surface area contributed by atoms with Crippen molar-refractivity contribution in [1.29, 1.82) is 0 Å². The van der Waals surface area contributed by atoms with E-state index in [4.69, 9.17) is 0 Å². The monoisotopic (exact) mass is 238 g/mol. The van der Waals surface area contributed by atoms with E-state index in [-0.39, 0.29) is 5.82 Å². The van der Waals surface area contributed by atoms with Gasteiger partial charge in [-0.25, -0.2) is 17.6 Å². The molecule has 0 atom stereocenters. The minimum absolute atomic E-state index is 0.229. The molecule has 0 saturated heterocycles. The highest BCUT2D eigenvalue weighted by atomic mass is 19.3. The molecule has 3 nitrogen and oxygen atoms in total. The van der Waals surface area contributed by atoms with E-state index < -0.39 is 30.5 Å². The van der Waals surface area contributed by atoms with Crippen molar-refractivity contribution in [2.75, 3.05) is 18.5 Å². The molecule has 0 aliphatic carbocycles. The number of nitrogens with zero attached hydrogens (tertiary/aromatic N) is 1. The first-order valence-electron chi connectivity index (χ1n) is 4.55. The molecule has 1 aromatic rings. The van der Waals surface area contributed by atoms with Gasteiger partial charge in [0.05, 0.1) is 0 Å². The van der Waals surface area contributed by atoms with Gasteiger partial charge in [0.25, 0.3) is 12.3 Å². The lowest BCUT2D eigenvalue weighted by molar-refractivity contribution is 0.0773. The lowest BCUT2D eigenvalue weighted by atomic mass is 10.4. The highest BCUT2D eigenvalue weighted by Gasteiger charge is 2.14. The molecule has 7 heteroatoms. The Bertz CT molecular complexity index is 360. The highest BCUT2D eigenvalue weighted by Crippen LogP contribution is 2.21. The quantitative estimate of drug-likeness (QED) is 0.800. The Morgan fingerprint density at radius 1 is 1.38 bits per heavy atom. The SMILES string of the molecule is CCNc1nc(OCC(F)F)c(F)cc1F. The molecule has 1 rings (SSSR count). The van der Waals surface area contributed by atoms with Crippen LogP contribution in [-0.2, 0) is 0 Å². The minimum atomic E-state index is -2.74. The summed E-state index contributed by atoms with van der Waals surface area (Å²) in [6.45, 7) is 1.06. The molecule has 0 saturated carbocycles. The maximum atomic E-state index is 13.0. The number of rotatable bonds is 5. The number of anilines is 1.